The lowest BCUT2D eigenvalue weighted by Crippen LogP contribution is -2.61. The monoisotopic (exact) mass is 726 g/mol. The number of carboxylic acid groups (broad SMARTS) is 1. The minimum absolute atomic E-state index is 0.0988. The maximum atomic E-state index is 15.2. The molecule has 2 saturated heterocycles. The van der Waals surface area contributed by atoms with Crippen LogP contribution in [0.4, 0.5) is 27.6 Å². The molecule has 3 aliphatic heterocycles. The first-order chi connectivity index (χ1) is 23.0. The summed E-state index contributed by atoms with van der Waals surface area (Å²) in [5.41, 5.74) is -1.18. The number of aromatic hydroxyl groups is 1. The van der Waals surface area contributed by atoms with Crippen molar-refractivity contribution in [1.82, 2.24) is 4.90 Å². The number of halogens is 7. The molecule has 0 spiro atoms. The van der Waals surface area contributed by atoms with E-state index in [1.807, 2.05) is 0 Å². The van der Waals surface area contributed by atoms with Gasteiger partial charge in [0.1, 0.15) is 17.2 Å². The lowest BCUT2D eigenvalue weighted by molar-refractivity contribution is -0.142. The number of ether oxygens (including phenoxy) is 1. The zero-order valence-electron chi connectivity index (χ0n) is 24.6. The number of carbonyl (C=O) groups excluding carboxylic acids is 4. The number of fused-ring (bicyclic) bond motifs is 5. The highest BCUT2D eigenvalue weighted by atomic mass is 35.5. The van der Waals surface area contributed by atoms with Gasteiger partial charge in [0.25, 0.3) is 11.8 Å². The number of phenols is 1. The Balaban J connectivity index is 1.41. The molecule has 10 nitrogen and oxygen atoms in total. The van der Waals surface area contributed by atoms with E-state index in [0.29, 0.717) is 5.56 Å². The van der Waals surface area contributed by atoms with Crippen LogP contribution in [0.1, 0.15) is 24.8 Å². The number of imide groups is 2. The predicted octanol–water partition coefficient (Wildman–Crippen LogP) is 4.48. The van der Waals surface area contributed by atoms with Gasteiger partial charge in [0.15, 0.2) is 33.0 Å². The van der Waals surface area contributed by atoms with Crippen LogP contribution >= 0.6 is 23.2 Å². The van der Waals surface area contributed by atoms with Gasteiger partial charge in [0, 0.05) is 24.4 Å². The Morgan fingerprint density at radius 1 is 0.939 bits per heavy atom. The number of hydrogen-bond acceptors (Lipinski definition) is 7. The first-order valence-corrected chi connectivity index (χ1v) is 15.5. The molecular formula is C32H21Cl2F5N2O8. The molecule has 3 fully saturated rings. The van der Waals surface area contributed by atoms with E-state index in [0.717, 1.165) is 4.90 Å². The van der Waals surface area contributed by atoms with Gasteiger partial charge in [-0.1, -0.05) is 11.6 Å². The van der Waals surface area contributed by atoms with Crippen LogP contribution in [0.25, 0.3) is 0 Å². The van der Waals surface area contributed by atoms with E-state index in [-0.39, 0.29) is 40.4 Å². The Kier molecular flexibility index (Phi) is 7.42. The van der Waals surface area contributed by atoms with E-state index < -0.39 is 117 Å². The van der Waals surface area contributed by atoms with Crippen molar-refractivity contribution in [3.63, 3.8) is 0 Å². The number of allylic oxidation sites excluding steroid dienone is 3. The van der Waals surface area contributed by atoms with Gasteiger partial charge >= 0.3 is 5.97 Å². The van der Waals surface area contributed by atoms with Gasteiger partial charge < -0.3 is 14.9 Å². The molecule has 6 atom stereocenters. The highest BCUT2D eigenvalue weighted by Gasteiger charge is 2.77. The Labute approximate surface area is 282 Å². The van der Waals surface area contributed by atoms with E-state index in [2.05, 4.69) is 0 Å². The molecular weight excluding hydrogens is 706 g/mol. The number of aliphatic carboxylic acids is 1. The van der Waals surface area contributed by atoms with Gasteiger partial charge in [0.2, 0.25) is 17.6 Å². The molecule has 2 aromatic rings. The number of carbonyl (C=O) groups is 5. The number of hydrogen-bond donors (Lipinski definition) is 2. The largest absolute Gasteiger partial charge is 0.508 e. The number of benzene rings is 2. The van der Waals surface area contributed by atoms with Crippen LogP contribution in [-0.2, 0) is 30.4 Å². The number of likely N-dealkylation sites (tertiary alicyclic amines) is 1. The summed E-state index contributed by atoms with van der Waals surface area (Å²) in [5, 5.41) is 19.3. The van der Waals surface area contributed by atoms with E-state index >= 15 is 8.78 Å². The number of amides is 4. The van der Waals surface area contributed by atoms with E-state index in [1.165, 1.54) is 30.5 Å². The van der Waals surface area contributed by atoms with Crippen molar-refractivity contribution >= 4 is 58.5 Å². The normalized spacial score (nSPS) is 30.3. The Hall–Kier alpha value is -4.50. The second kappa shape index (κ2) is 11.0. The molecule has 2 N–H and O–H groups in total. The standard InChI is InChI=1S/C32H21Cl2F5N2O8/c33-31-9-16-14(2-3-15-19(16)28(46)40(27(15)45)6-5-18(43)44)20(12-7-11-8-13(42)1-4-17(11)49-10-12)32(31,34)30(48)41(29(31)47)26-24(38)22(36)21(35)23(37)25(26)39/h1-2,4,8,10,15-16,19-20,42H,3,5-7,9H2,(H,43,44)/t15-,16+,19-,20-,31+,32-/m0/s1. The maximum absolute atomic E-state index is 15.2. The minimum atomic E-state index is -2.72. The minimum Gasteiger partial charge on any atom is -0.508 e. The van der Waals surface area contributed by atoms with Gasteiger partial charge in [-0.15, -0.1) is 23.2 Å². The highest BCUT2D eigenvalue weighted by molar-refractivity contribution is 6.58. The van der Waals surface area contributed by atoms with E-state index in [9.17, 15) is 42.3 Å². The molecule has 4 amide bonds. The molecule has 5 aliphatic rings. The zero-order chi connectivity index (χ0) is 35.5. The number of carboxylic acids is 1. The third-order valence-electron chi connectivity index (χ3n) is 10.0. The highest BCUT2D eigenvalue weighted by Crippen LogP contribution is 2.65. The van der Waals surface area contributed by atoms with Crippen LogP contribution < -0.4 is 9.64 Å². The summed E-state index contributed by atoms with van der Waals surface area (Å²) in [6.45, 7) is -0.457. The van der Waals surface area contributed by atoms with Crippen LogP contribution in [0.2, 0.25) is 0 Å². The number of phenolic OH excluding ortho intramolecular Hbond substituents is 1. The van der Waals surface area contributed by atoms with Crippen molar-refractivity contribution in [3.8, 4) is 11.5 Å². The summed E-state index contributed by atoms with van der Waals surface area (Å²) in [6.07, 6.45) is 1.22. The summed E-state index contributed by atoms with van der Waals surface area (Å²) in [6, 6.07) is 4.12. The van der Waals surface area contributed by atoms with Gasteiger partial charge in [-0.25, -0.2) is 26.9 Å². The Bertz CT molecular complexity index is 1980. The molecule has 0 bridgehead atoms. The maximum Gasteiger partial charge on any atom is 0.305 e. The van der Waals surface area contributed by atoms with E-state index in [4.69, 9.17) is 33.0 Å². The van der Waals surface area contributed by atoms with Crippen LogP contribution in [0, 0.1) is 52.8 Å². The summed E-state index contributed by atoms with van der Waals surface area (Å²) in [4.78, 5) is 62.0. The number of rotatable bonds is 5. The number of nitrogens with zero attached hydrogens (tertiary/aromatic N) is 2. The van der Waals surface area contributed by atoms with Crippen molar-refractivity contribution < 1.29 is 60.9 Å². The third-order valence-corrected chi connectivity index (χ3v) is 11.4. The van der Waals surface area contributed by atoms with Gasteiger partial charge in [-0.2, -0.15) is 0 Å². The summed E-state index contributed by atoms with van der Waals surface area (Å²) in [7, 11) is 0. The first kappa shape index (κ1) is 33.0. The molecule has 256 valence electrons. The topological polar surface area (TPSA) is 142 Å². The van der Waals surface area contributed by atoms with Crippen molar-refractivity contribution in [2.24, 2.45) is 23.7 Å². The second-order valence-corrected chi connectivity index (χ2v) is 13.7. The predicted molar refractivity (Wildman–Crippen MR) is 157 cm³/mol. The van der Waals surface area contributed by atoms with E-state index in [1.54, 1.807) is 0 Å². The van der Waals surface area contributed by atoms with Crippen molar-refractivity contribution in [2.45, 2.75) is 35.4 Å². The van der Waals surface area contributed by atoms with Gasteiger partial charge in [-0.3, -0.25) is 28.9 Å². The molecule has 0 aromatic heterocycles. The lowest BCUT2D eigenvalue weighted by atomic mass is 9.56. The van der Waals surface area contributed by atoms with Crippen LogP contribution in [0.3, 0.4) is 0 Å². The van der Waals surface area contributed by atoms with Crippen LogP contribution in [-0.4, -0.2) is 61.0 Å². The lowest BCUT2D eigenvalue weighted by Gasteiger charge is -2.51. The average molecular weight is 727 g/mol. The molecule has 2 aromatic carbocycles. The quantitative estimate of drug-likeness (QED) is 0.115. The SMILES string of the molecule is O=C(O)CCN1C(=O)[C@H]2[C@H](CC=C3[C@H](C4=COc5ccc(O)cc5C4)[C@]4(Cl)C(=O)N(c5c(F)c(F)c(F)c(F)c5F)C(=O)[C@]4(Cl)C[C@H]32)C1=O. The van der Waals surface area contributed by atoms with Gasteiger partial charge in [-0.05, 0) is 42.5 Å². The fraction of sp³-hybridized carbons (Fsp3) is 0.344. The molecule has 17 heteroatoms. The van der Waals surface area contributed by atoms with Crippen molar-refractivity contribution in [2.75, 3.05) is 11.4 Å². The zero-order valence-corrected chi connectivity index (χ0v) is 26.1. The van der Waals surface area contributed by atoms with Crippen LogP contribution in [0.15, 0.2) is 41.7 Å². The molecule has 3 heterocycles. The number of anilines is 1. The summed E-state index contributed by atoms with van der Waals surface area (Å²) < 4.78 is 78.9. The summed E-state index contributed by atoms with van der Waals surface area (Å²) in [5.74, 6) is -23.3. The second-order valence-electron chi connectivity index (χ2n) is 12.4. The molecule has 49 heavy (non-hydrogen) atoms. The van der Waals surface area contributed by atoms with Crippen LogP contribution in [0.5, 0.6) is 11.5 Å². The Morgan fingerprint density at radius 3 is 2.24 bits per heavy atom. The molecule has 0 unspecified atom stereocenters. The fourth-order valence-electron chi connectivity index (χ4n) is 7.87. The first-order valence-electron chi connectivity index (χ1n) is 14.8. The smallest absolute Gasteiger partial charge is 0.305 e. The molecule has 2 aliphatic carbocycles. The summed E-state index contributed by atoms with van der Waals surface area (Å²) >= 11 is 14.2. The van der Waals surface area contributed by atoms with Crippen molar-refractivity contribution in [1.29, 1.82) is 0 Å². The average Bonchev–Trinajstić information content (AvgIpc) is 3.39. The molecule has 7 rings (SSSR count). The van der Waals surface area contributed by atoms with Gasteiger partial charge in [0.05, 0.1) is 24.5 Å². The fourth-order valence-corrected chi connectivity index (χ4v) is 8.82. The number of alkyl halides is 2. The molecule has 0 radical (unpaired) electrons. The molecule has 1 saturated carbocycles. The van der Waals surface area contributed by atoms with Crippen molar-refractivity contribution in [3.05, 3.63) is 76.3 Å². The Morgan fingerprint density at radius 2 is 1.59 bits per heavy atom. The third kappa shape index (κ3) is 4.33.